The molecule has 0 bridgehead atoms. The quantitative estimate of drug-likeness (QED) is 0.419. The van der Waals surface area contributed by atoms with Gasteiger partial charge in [0.25, 0.3) is 0 Å². The molecule has 0 aliphatic carbocycles. The van der Waals surface area contributed by atoms with Gasteiger partial charge in [-0.2, -0.15) is 0 Å². The number of benzene rings is 3. The van der Waals surface area contributed by atoms with E-state index < -0.39 is 12.3 Å². The fourth-order valence-electron chi connectivity index (χ4n) is 2.71. The van der Waals surface area contributed by atoms with Crippen LogP contribution in [0.3, 0.4) is 0 Å². The molecule has 0 fully saturated rings. The van der Waals surface area contributed by atoms with E-state index in [2.05, 4.69) is 0 Å². The summed E-state index contributed by atoms with van der Waals surface area (Å²) in [6.07, 6.45) is -1.28. The first kappa shape index (κ1) is 21.9. The van der Waals surface area contributed by atoms with Crippen LogP contribution in [0.15, 0.2) is 78.9 Å². The first-order chi connectivity index (χ1) is 15.1. The molecule has 0 radical (unpaired) electrons. The SMILES string of the molecule is NCCc1ccc(OC(=O)OCc2ccccc2)c(OC(=O)OCc2ccccc2)c1. The zero-order chi connectivity index (χ0) is 21.9. The molecule has 3 aromatic carbocycles. The van der Waals surface area contributed by atoms with Crippen LogP contribution in [0, 0.1) is 0 Å². The van der Waals surface area contributed by atoms with Gasteiger partial charge in [0, 0.05) is 0 Å². The predicted octanol–water partition coefficient (Wildman–Crippen LogP) is 4.62. The molecule has 0 saturated carbocycles. The molecule has 0 heterocycles. The lowest BCUT2D eigenvalue weighted by Crippen LogP contribution is -2.14. The van der Waals surface area contributed by atoms with Crippen LogP contribution in [0.1, 0.15) is 16.7 Å². The van der Waals surface area contributed by atoms with E-state index in [1.807, 2.05) is 60.7 Å². The lowest BCUT2D eigenvalue weighted by molar-refractivity contribution is 0.0832. The van der Waals surface area contributed by atoms with Crippen molar-refractivity contribution in [2.75, 3.05) is 6.54 Å². The number of ether oxygens (including phenoxy) is 4. The topological polar surface area (TPSA) is 97.1 Å². The molecular weight excluding hydrogens is 398 g/mol. The molecule has 3 aromatic rings. The van der Waals surface area contributed by atoms with Gasteiger partial charge in [-0.25, -0.2) is 9.59 Å². The van der Waals surface area contributed by atoms with Gasteiger partial charge >= 0.3 is 12.3 Å². The predicted molar refractivity (Wildman–Crippen MR) is 114 cm³/mol. The summed E-state index contributed by atoms with van der Waals surface area (Å²) in [7, 11) is 0. The van der Waals surface area contributed by atoms with E-state index >= 15 is 0 Å². The maximum Gasteiger partial charge on any atom is 0.514 e. The van der Waals surface area contributed by atoms with E-state index in [9.17, 15) is 9.59 Å². The van der Waals surface area contributed by atoms with Crippen molar-refractivity contribution in [3.05, 3.63) is 95.6 Å². The van der Waals surface area contributed by atoms with Crippen LogP contribution in [0.2, 0.25) is 0 Å². The van der Waals surface area contributed by atoms with Crippen LogP contribution in [-0.4, -0.2) is 18.9 Å². The summed E-state index contributed by atoms with van der Waals surface area (Å²) in [5, 5.41) is 0. The van der Waals surface area contributed by atoms with Crippen LogP contribution in [0.5, 0.6) is 11.5 Å². The summed E-state index contributed by atoms with van der Waals surface area (Å²) < 4.78 is 20.8. The Hall–Kier alpha value is -3.84. The summed E-state index contributed by atoms with van der Waals surface area (Å²) >= 11 is 0. The average Bonchev–Trinajstić information content (AvgIpc) is 2.80. The molecule has 7 heteroatoms. The van der Waals surface area contributed by atoms with E-state index in [1.54, 1.807) is 12.1 Å². The van der Waals surface area contributed by atoms with Crippen molar-refractivity contribution in [3.63, 3.8) is 0 Å². The Balaban J connectivity index is 1.63. The smallest absolute Gasteiger partial charge is 0.429 e. The van der Waals surface area contributed by atoms with Crippen molar-refractivity contribution < 1.29 is 28.5 Å². The van der Waals surface area contributed by atoms with Crippen molar-refractivity contribution in [1.82, 2.24) is 0 Å². The van der Waals surface area contributed by atoms with E-state index in [-0.39, 0.29) is 24.7 Å². The molecule has 7 nitrogen and oxygen atoms in total. The van der Waals surface area contributed by atoms with Crippen molar-refractivity contribution in [2.24, 2.45) is 5.73 Å². The maximum absolute atomic E-state index is 12.2. The normalized spacial score (nSPS) is 10.2. The minimum Gasteiger partial charge on any atom is -0.429 e. The molecule has 160 valence electrons. The molecule has 0 saturated heterocycles. The number of hydrogen-bond donors (Lipinski definition) is 1. The zero-order valence-corrected chi connectivity index (χ0v) is 16.9. The van der Waals surface area contributed by atoms with E-state index in [1.165, 1.54) is 6.07 Å². The Morgan fingerprint density at radius 3 is 1.68 bits per heavy atom. The van der Waals surface area contributed by atoms with Gasteiger partial charge < -0.3 is 24.7 Å². The van der Waals surface area contributed by atoms with Gasteiger partial charge in [0.05, 0.1) is 0 Å². The molecule has 0 aliphatic heterocycles. The van der Waals surface area contributed by atoms with Gasteiger partial charge in [0.1, 0.15) is 13.2 Å². The fraction of sp³-hybridized carbons (Fsp3) is 0.167. The Bertz CT molecular complexity index is 991. The third-order valence-corrected chi connectivity index (χ3v) is 4.23. The fourth-order valence-corrected chi connectivity index (χ4v) is 2.71. The second kappa shape index (κ2) is 11.4. The molecule has 31 heavy (non-hydrogen) atoms. The standard InChI is InChI=1S/C24H23NO6/c25-14-13-18-11-12-21(30-23(26)28-16-19-7-3-1-4-8-19)22(15-18)31-24(27)29-17-20-9-5-2-6-10-20/h1-12,15H,13-14,16-17,25H2. The van der Waals surface area contributed by atoms with E-state index in [4.69, 9.17) is 24.7 Å². The minimum absolute atomic E-state index is 0.0375. The van der Waals surface area contributed by atoms with Crippen molar-refractivity contribution in [2.45, 2.75) is 19.6 Å². The summed E-state index contributed by atoms with van der Waals surface area (Å²) in [6.45, 7) is 0.523. The summed E-state index contributed by atoms with van der Waals surface area (Å²) in [4.78, 5) is 24.3. The Morgan fingerprint density at radius 2 is 1.16 bits per heavy atom. The molecule has 0 aromatic heterocycles. The highest BCUT2D eigenvalue weighted by atomic mass is 16.7. The van der Waals surface area contributed by atoms with Crippen molar-refractivity contribution in [1.29, 1.82) is 0 Å². The monoisotopic (exact) mass is 421 g/mol. The zero-order valence-electron chi connectivity index (χ0n) is 16.9. The van der Waals surface area contributed by atoms with Gasteiger partial charge in [0.15, 0.2) is 11.5 Å². The number of carbonyl (C=O) groups is 2. The van der Waals surface area contributed by atoms with Crippen LogP contribution >= 0.6 is 0 Å². The van der Waals surface area contributed by atoms with Gasteiger partial charge in [-0.3, -0.25) is 0 Å². The molecule has 0 unspecified atom stereocenters. The third kappa shape index (κ3) is 7.17. The van der Waals surface area contributed by atoms with Crippen molar-refractivity contribution >= 4 is 12.3 Å². The van der Waals surface area contributed by atoms with Gasteiger partial charge in [0.2, 0.25) is 0 Å². The lowest BCUT2D eigenvalue weighted by Gasteiger charge is -2.12. The van der Waals surface area contributed by atoms with Crippen molar-refractivity contribution in [3.8, 4) is 11.5 Å². The second-order valence-electron chi connectivity index (χ2n) is 6.57. The van der Waals surface area contributed by atoms with E-state index in [0.717, 1.165) is 16.7 Å². The van der Waals surface area contributed by atoms with Crippen LogP contribution in [-0.2, 0) is 29.1 Å². The molecule has 2 N–H and O–H groups in total. The van der Waals surface area contributed by atoms with Gasteiger partial charge in [-0.15, -0.1) is 0 Å². The maximum atomic E-state index is 12.2. The first-order valence-electron chi connectivity index (χ1n) is 9.74. The molecule has 0 aliphatic rings. The third-order valence-electron chi connectivity index (χ3n) is 4.23. The highest BCUT2D eigenvalue weighted by Gasteiger charge is 2.17. The Kier molecular flexibility index (Phi) is 8.02. The summed E-state index contributed by atoms with van der Waals surface area (Å²) in [5.41, 5.74) is 8.05. The highest BCUT2D eigenvalue weighted by Crippen LogP contribution is 2.29. The molecule has 0 spiro atoms. The average molecular weight is 421 g/mol. The summed E-state index contributed by atoms with van der Waals surface area (Å²) in [5.74, 6) is 0.0798. The summed E-state index contributed by atoms with van der Waals surface area (Å²) in [6, 6.07) is 23.2. The van der Waals surface area contributed by atoms with Crippen LogP contribution in [0.25, 0.3) is 0 Å². The number of carbonyl (C=O) groups excluding carboxylic acids is 2. The van der Waals surface area contributed by atoms with Crippen LogP contribution < -0.4 is 15.2 Å². The Morgan fingerprint density at radius 1 is 0.645 bits per heavy atom. The van der Waals surface area contributed by atoms with Crippen LogP contribution in [0.4, 0.5) is 9.59 Å². The number of nitrogens with two attached hydrogens (primary N) is 1. The van der Waals surface area contributed by atoms with Gasteiger partial charge in [-0.1, -0.05) is 66.7 Å². The molecule has 0 atom stereocenters. The highest BCUT2D eigenvalue weighted by molar-refractivity contribution is 5.69. The Labute approximate surface area is 180 Å². The number of rotatable bonds is 8. The largest absolute Gasteiger partial charge is 0.514 e. The van der Waals surface area contributed by atoms with Gasteiger partial charge in [-0.05, 0) is 41.8 Å². The first-order valence-corrected chi connectivity index (χ1v) is 9.74. The number of hydrogen-bond acceptors (Lipinski definition) is 7. The minimum atomic E-state index is -0.920. The molecule has 0 amide bonds. The lowest BCUT2D eigenvalue weighted by atomic mass is 10.1. The molecular formula is C24H23NO6. The second-order valence-corrected chi connectivity index (χ2v) is 6.57. The molecule has 3 rings (SSSR count). The van der Waals surface area contributed by atoms with E-state index in [0.29, 0.717) is 13.0 Å².